The van der Waals surface area contributed by atoms with Crippen LogP contribution in [0.1, 0.15) is 23.2 Å². The topological polar surface area (TPSA) is 25.8 Å². The molecule has 0 atom stereocenters. The fourth-order valence-corrected chi connectivity index (χ4v) is 2.46. The molecule has 0 saturated heterocycles. The molecular formula is C14H14N2. The summed E-state index contributed by atoms with van der Waals surface area (Å²) in [4.78, 5) is 8.77. The summed E-state index contributed by atoms with van der Waals surface area (Å²) in [6.07, 6.45) is 5.11. The van der Waals surface area contributed by atoms with Crippen LogP contribution in [0.3, 0.4) is 0 Å². The van der Waals surface area contributed by atoms with E-state index < -0.39 is 0 Å². The first-order valence-corrected chi connectivity index (χ1v) is 5.75. The van der Waals surface area contributed by atoms with Crippen LogP contribution in [0.5, 0.6) is 0 Å². The van der Waals surface area contributed by atoms with Crippen LogP contribution in [0.15, 0.2) is 30.6 Å². The van der Waals surface area contributed by atoms with Gasteiger partial charge in [-0.2, -0.15) is 0 Å². The van der Waals surface area contributed by atoms with Gasteiger partial charge in [-0.15, -0.1) is 0 Å². The predicted molar refractivity (Wildman–Crippen MR) is 64.2 cm³/mol. The Morgan fingerprint density at radius 1 is 1.06 bits per heavy atom. The van der Waals surface area contributed by atoms with Gasteiger partial charge in [-0.05, 0) is 37.3 Å². The lowest BCUT2D eigenvalue weighted by atomic mass is 10.0. The fourth-order valence-electron chi connectivity index (χ4n) is 2.46. The molecule has 80 valence electrons. The average Bonchev–Trinajstić information content (AvgIpc) is 2.50. The van der Waals surface area contributed by atoms with Crippen molar-refractivity contribution in [2.45, 2.75) is 26.2 Å². The van der Waals surface area contributed by atoms with E-state index in [1.807, 2.05) is 0 Å². The molecule has 2 nitrogen and oxygen atoms in total. The van der Waals surface area contributed by atoms with Gasteiger partial charge in [0.25, 0.3) is 0 Å². The lowest BCUT2D eigenvalue weighted by Crippen LogP contribution is -1.97. The van der Waals surface area contributed by atoms with E-state index in [0.717, 1.165) is 24.2 Å². The number of benzene rings is 1. The highest BCUT2D eigenvalue weighted by Gasteiger charge is 2.16. The molecule has 1 aromatic carbocycles. The van der Waals surface area contributed by atoms with Crippen molar-refractivity contribution in [2.75, 3.05) is 0 Å². The minimum atomic E-state index is 1.09. The van der Waals surface area contributed by atoms with Crippen molar-refractivity contribution in [1.29, 1.82) is 0 Å². The summed E-state index contributed by atoms with van der Waals surface area (Å²) in [6.45, 7) is 2.08. The second-order valence-corrected chi connectivity index (χ2v) is 4.30. The van der Waals surface area contributed by atoms with Crippen LogP contribution < -0.4 is 0 Å². The number of rotatable bonds is 0. The van der Waals surface area contributed by atoms with E-state index in [9.17, 15) is 0 Å². The van der Waals surface area contributed by atoms with E-state index in [1.54, 1.807) is 6.33 Å². The zero-order chi connectivity index (χ0) is 11.0. The highest BCUT2D eigenvalue weighted by Crippen LogP contribution is 2.31. The highest BCUT2D eigenvalue weighted by atomic mass is 14.8. The minimum Gasteiger partial charge on any atom is -0.241 e. The van der Waals surface area contributed by atoms with Crippen LogP contribution in [0.25, 0.3) is 11.3 Å². The third-order valence-electron chi connectivity index (χ3n) is 3.31. The molecule has 0 spiro atoms. The molecule has 1 aliphatic rings. The summed E-state index contributed by atoms with van der Waals surface area (Å²) in [7, 11) is 0. The van der Waals surface area contributed by atoms with Crippen molar-refractivity contribution >= 4 is 0 Å². The number of fused-ring (bicyclic) bond motifs is 3. The molecule has 2 aromatic rings. The molecule has 0 unspecified atom stereocenters. The maximum absolute atomic E-state index is 4.47. The smallest absolute Gasteiger partial charge is 0.116 e. The summed E-state index contributed by atoms with van der Waals surface area (Å²) >= 11 is 0. The molecular weight excluding hydrogens is 196 g/mol. The third-order valence-corrected chi connectivity index (χ3v) is 3.31. The number of nitrogens with zero attached hydrogens (tertiary/aromatic N) is 2. The van der Waals surface area contributed by atoms with Crippen LogP contribution in [0.4, 0.5) is 0 Å². The lowest BCUT2D eigenvalue weighted by Gasteiger charge is -2.08. The number of hydrogen-bond acceptors (Lipinski definition) is 2. The van der Waals surface area contributed by atoms with Gasteiger partial charge < -0.3 is 0 Å². The van der Waals surface area contributed by atoms with E-state index in [1.165, 1.54) is 23.1 Å². The van der Waals surface area contributed by atoms with Crippen LogP contribution >= 0.6 is 0 Å². The first-order valence-electron chi connectivity index (χ1n) is 5.75. The fraction of sp³-hybridized carbons (Fsp3) is 0.286. The molecule has 0 saturated carbocycles. The molecule has 0 amide bonds. The predicted octanol–water partition coefficient (Wildman–Crippen LogP) is 2.94. The van der Waals surface area contributed by atoms with Gasteiger partial charge in [0, 0.05) is 11.3 Å². The van der Waals surface area contributed by atoms with Gasteiger partial charge in [-0.1, -0.05) is 24.3 Å². The van der Waals surface area contributed by atoms with Gasteiger partial charge in [0.05, 0.1) is 5.69 Å². The van der Waals surface area contributed by atoms with Gasteiger partial charge in [0.2, 0.25) is 0 Å². The number of hydrogen-bond donors (Lipinski definition) is 0. The van der Waals surface area contributed by atoms with Gasteiger partial charge in [0.15, 0.2) is 0 Å². The molecule has 0 fully saturated rings. The Labute approximate surface area is 95.4 Å². The molecule has 2 heteroatoms. The Balaban J connectivity index is 2.30. The van der Waals surface area contributed by atoms with E-state index >= 15 is 0 Å². The summed E-state index contributed by atoms with van der Waals surface area (Å²) in [5.41, 5.74) is 6.30. The van der Waals surface area contributed by atoms with Crippen molar-refractivity contribution in [3.8, 4) is 11.3 Å². The molecule has 0 aliphatic heterocycles. The summed E-state index contributed by atoms with van der Waals surface area (Å²) in [5.74, 6) is 0. The zero-order valence-corrected chi connectivity index (χ0v) is 9.40. The van der Waals surface area contributed by atoms with Crippen LogP contribution in [0, 0.1) is 6.92 Å². The van der Waals surface area contributed by atoms with Crippen LogP contribution in [0.2, 0.25) is 0 Å². The first-order chi connectivity index (χ1) is 7.86. The Morgan fingerprint density at radius 3 is 2.88 bits per heavy atom. The molecule has 0 bridgehead atoms. The monoisotopic (exact) mass is 210 g/mol. The van der Waals surface area contributed by atoms with E-state index in [0.29, 0.717) is 0 Å². The Kier molecular flexibility index (Phi) is 2.21. The lowest BCUT2D eigenvalue weighted by molar-refractivity contribution is 0.821. The molecule has 0 radical (unpaired) electrons. The maximum atomic E-state index is 4.47. The Bertz CT molecular complexity index is 532. The minimum absolute atomic E-state index is 1.09. The molecule has 16 heavy (non-hydrogen) atoms. The summed E-state index contributed by atoms with van der Waals surface area (Å²) in [6, 6.07) is 8.58. The van der Waals surface area contributed by atoms with Crippen molar-refractivity contribution in [3.63, 3.8) is 0 Å². The Morgan fingerprint density at radius 2 is 1.94 bits per heavy atom. The van der Waals surface area contributed by atoms with Crippen LogP contribution in [-0.2, 0) is 12.8 Å². The standard InChI is InChI=1S/C14H14N2/c1-10-12-8-4-6-11-5-2-3-7-13(11)14(12)16-9-15-10/h2-3,5,7,9H,4,6,8H2,1H3. The van der Waals surface area contributed by atoms with E-state index in [2.05, 4.69) is 41.2 Å². The first kappa shape index (κ1) is 9.52. The van der Waals surface area contributed by atoms with Gasteiger partial charge in [0.1, 0.15) is 6.33 Å². The van der Waals surface area contributed by atoms with Crippen molar-refractivity contribution in [2.24, 2.45) is 0 Å². The SMILES string of the molecule is Cc1ncnc2c1CCCc1ccccc1-2. The molecule has 1 aliphatic carbocycles. The van der Waals surface area contributed by atoms with Crippen molar-refractivity contribution < 1.29 is 0 Å². The highest BCUT2D eigenvalue weighted by molar-refractivity contribution is 5.68. The van der Waals surface area contributed by atoms with Gasteiger partial charge in [-0.3, -0.25) is 0 Å². The normalized spacial score (nSPS) is 13.8. The molecule has 0 N–H and O–H groups in total. The molecule has 1 heterocycles. The zero-order valence-electron chi connectivity index (χ0n) is 9.40. The quantitative estimate of drug-likeness (QED) is 0.668. The van der Waals surface area contributed by atoms with Crippen molar-refractivity contribution in [3.05, 3.63) is 47.4 Å². The second kappa shape index (κ2) is 3.71. The molecule has 1 aromatic heterocycles. The van der Waals surface area contributed by atoms with E-state index in [4.69, 9.17) is 0 Å². The third kappa shape index (κ3) is 1.42. The second-order valence-electron chi connectivity index (χ2n) is 4.30. The molecule has 3 rings (SSSR count). The van der Waals surface area contributed by atoms with E-state index in [-0.39, 0.29) is 0 Å². The number of aryl methyl sites for hydroxylation is 2. The Hall–Kier alpha value is -1.70. The largest absolute Gasteiger partial charge is 0.241 e. The average molecular weight is 210 g/mol. The number of aromatic nitrogens is 2. The summed E-state index contributed by atoms with van der Waals surface area (Å²) < 4.78 is 0. The maximum Gasteiger partial charge on any atom is 0.116 e. The van der Waals surface area contributed by atoms with Gasteiger partial charge in [-0.25, -0.2) is 9.97 Å². The van der Waals surface area contributed by atoms with Crippen LogP contribution in [-0.4, -0.2) is 9.97 Å². The van der Waals surface area contributed by atoms with Crippen molar-refractivity contribution in [1.82, 2.24) is 9.97 Å². The van der Waals surface area contributed by atoms with Gasteiger partial charge >= 0.3 is 0 Å². The summed E-state index contributed by atoms with van der Waals surface area (Å²) in [5, 5.41) is 0.